The molecule has 11 heteroatoms. The molecule has 0 radical (unpaired) electrons. The van der Waals surface area contributed by atoms with E-state index in [1.54, 1.807) is 36.7 Å². The van der Waals surface area contributed by atoms with Crippen molar-refractivity contribution in [3.8, 4) is 11.1 Å². The van der Waals surface area contributed by atoms with Gasteiger partial charge >= 0.3 is 6.18 Å². The summed E-state index contributed by atoms with van der Waals surface area (Å²) in [6, 6.07) is 18.9. The molecule has 37 heavy (non-hydrogen) atoms. The van der Waals surface area contributed by atoms with Crippen LogP contribution in [0, 0.1) is 10.1 Å². The summed E-state index contributed by atoms with van der Waals surface area (Å²) in [5.74, 6) is 0.537. The van der Waals surface area contributed by atoms with Crippen LogP contribution in [0.5, 0.6) is 0 Å². The Bertz CT molecular complexity index is 1590. The van der Waals surface area contributed by atoms with Crippen LogP contribution in [0.15, 0.2) is 90.5 Å². The molecule has 2 aromatic heterocycles. The lowest BCUT2D eigenvalue weighted by atomic mass is 9.98. The van der Waals surface area contributed by atoms with Gasteiger partial charge in [0, 0.05) is 17.9 Å². The Balaban J connectivity index is 1.40. The maximum absolute atomic E-state index is 13.3. The van der Waals surface area contributed by atoms with Gasteiger partial charge in [0.25, 0.3) is 5.69 Å². The molecule has 0 saturated heterocycles. The Morgan fingerprint density at radius 2 is 1.73 bits per heavy atom. The highest BCUT2D eigenvalue weighted by Gasteiger charge is 2.30. The lowest BCUT2D eigenvalue weighted by Gasteiger charge is -2.13. The van der Waals surface area contributed by atoms with Gasteiger partial charge in [-0.05, 0) is 34.4 Å². The molecule has 186 valence electrons. The zero-order chi connectivity index (χ0) is 26.0. The van der Waals surface area contributed by atoms with Crippen molar-refractivity contribution < 1.29 is 18.1 Å². The topological polar surface area (TPSA) is 86.7 Å². The van der Waals surface area contributed by atoms with Gasteiger partial charge in [-0.15, -0.1) is 0 Å². The highest BCUT2D eigenvalue weighted by atomic mass is 32.2. The third-order valence-corrected chi connectivity index (χ3v) is 6.80. The number of fused-ring (bicyclic) bond motifs is 1. The number of aromatic nitrogens is 4. The minimum absolute atomic E-state index is 0.0299. The van der Waals surface area contributed by atoms with E-state index in [1.807, 2.05) is 16.7 Å². The SMILES string of the molecule is O=[N+]([O-])c1ccc(CSc2ncnc3c2ncn3Cc2ccccc2-c2cccc(C(F)(F)F)c2)cc1. The second-order valence-electron chi connectivity index (χ2n) is 8.17. The number of rotatable bonds is 7. The fourth-order valence-corrected chi connectivity index (χ4v) is 4.83. The van der Waals surface area contributed by atoms with E-state index >= 15 is 0 Å². The van der Waals surface area contributed by atoms with E-state index in [1.165, 1.54) is 36.3 Å². The smallest absolute Gasteiger partial charge is 0.311 e. The van der Waals surface area contributed by atoms with E-state index in [4.69, 9.17) is 0 Å². The molecular weight excluding hydrogens is 503 g/mol. The summed E-state index contributed by atoms with van der Waals surface area (Å²) < 4.78 is 41.6. The summed E-state index contributed by atoms with van der Waals surface area (Å²) in [5.41, 5.74) is 3.42. The highest BCUT2D eigenvalue weighted by molar-refractivity contribution is 7.98. The molecule has 0 spiro atoms. The Kier molecular flexibility index (Phi) is 6.62. The predicted octanol–water partition coefficient (Wildman–Crippen LogP) is 6.76. The Morgan fingerprint density at radius 1 is 0.946 bits per heavy atom. The first kappa shape index (κ1) is 24.4. The van der Waals surface area contributed by atoms with Gasteiger partial charge in [0.2, 0.25) is 0 Å². The van der Waals surface area contributed by atoms with Crippen molar-refractivity contribution >= 4 is 28.6 Å². The maximum Gasteiger partial charge on any atom is 0.416 e. The monoisotopic (exact) mass is 521 g/mol. The van der Waals surface area contributed by atoms with E-state index in [0.29, 0.717) is 39.6 Å². The Morgan fingerprint density at radius 3 is 2.49 bits per heavy atom. The van der Waals surface area contributed by atoms with Gasteiger partial charge in [-0.3, -0.25) is 10.1 Å². The zero-order valence-electron chi connectivity index (χ0n) is 19.1. The number of benzene rings is 3. The van der Waals surface area contributed by atoms with Crippen molar-refractivity contribution in [2.75, 3.05) is 0 Å². The molecule has 0 aliphatic carbocycles. The van der Waals surface area contributed by atoms with Gasteiger partial charge < -0.3 is 4.57 Å². The van der Waals surface area contributed by atoms with Crippen LogP contribution in [0.3, 0.4) is 0 Å². The zero-order valence-corrected chi connectivity index (χ0v) is 19.9. The molecular formula is C26H18F3N5O2S. The van der Waals surface area contributed by atoms with E-state index in [2.05, 4.69) is 15.0 Å². The summed E-state index contributed by atoms with van der Waals surface area (Å²) >= 11 is 1.44. The number of imidazole rings is 1. The second kappa shape index (κ2) is 10.0. The average molecular weight is 522 g/mol. The molecule has 2 heterocycles. The molecule has 0 N–H and O–H groups in total. The molecule has 0 unspecified atom stereocenters. The molecule has 0 atom stereocenters. The van der Waals surface area contributed by atoms with Crippen LogP contribution in [0.25, 0.3) is 22.3 Å². The van der Waals surface area contributed by atoms with Crippen molar-refractivity contribution in [3.63, 3.8) is 0 Å². The van der Waals surface area contributed by atoms with Crippen LogP contribution >= 0.6 is 11.8 Å². The van der Waals surface area contributed by atoms with Gasteiger partial charge in [-0.25, -0.2) is 15.0 Å². The molecule has 0 saturated carbocycles. The van der Waals surface area contributed by atoms with E-state index in [0.717, 1.165) is 23.3 Å². The van der Waals surface area contributed by atoms with Crippen LogP contribution in [-0.2, 0) is 18.5 Å². The summed E-state index contributed by atoms with van der Waals surface area (Å²) in [6.45, 7) is 0.354. The number of nitro groups is 1. The first-order chi connectivity index (χ1) is 17.8. The van der Waals surface area contributed by atoms with Crippen molar-refractivity contribution in [1.29, 1.82) is 0 Å². The van der Waals surface area contributed by atoms with Crippen LogP contribution in [-0.4, -0.2) is 24.4 Å². The molecule has 0 amide bonds. The Hall–Kier alpha value is -4.25. The van der Waals surface area contributed by atoms with E-state index in [9.17, 15) is 23.3 Å². The standard InChI is InChI=1S/C26H18F3N5O2S/c27-26(28,29)20-6-3-5-18(12-20)22-7-2-1-4-19(22)13-33-16-32-23-24(33)30-15-31-25(23)37-14-17-8-10-21(11-9-17)34(35)36/h1-12,15-16H,13-14H2. The van der Waals surface area contributed by atoms with Gasteiger partial charge in [0.15, 0.2) is 5.65 Å². The highest BCUT2D eigenvalue weighted by Crippen LogP contribution is 2.34. The number of halogens is 3. The Labute approximate surface area is 213 Å². The van der Waals surface area contributed by atoms with Gasteiger partial charge in [0.05, 0.1) is 23.4 Å². The van der Waals surface area contributed by atoms with Crippen molar-refractivity contribution in [3.05, 3.63) is 112 Å². The number of thioether (sulfide) groups is 1. The summed E-state index contributed by atoms with van der Waals surface area (Å²) in [4.78, 5) is 23.6. The fourth-order valence-electron chi connectivity index (χ4n) is 3.93. The number of hydrogen-bond donors (Lipinski definition) is 0. The van der Waals surface area contributed by atoms with Crippen LogP contribution in [0.2, 0.25) is 0 Å². The van der Waals surface area contributed by atoms with Crippen molar-refractivity contribution in [1.82, 2.24) is 19.5 Å². The van der Waals surface area contributed by atoms with E-state index < -0.39 is 16.7 Å². The number of hydrogen-bond acceptors (Lipinski definition) is 6. The molecule has 0 aliphatic heterocycles. The number of alkyl halides is 3. The number of non-ortho nitro benzene ring substituents is 1. The predicted molar refractivity (Wildman–Crippen MR) is 134 cm³/mol. The second-order valence-corrected chi connectivity index (χ2v) is 9.14. The van der Waals surface area contributed by atoms with Crippen molar-refractivity contribution in [2.45, 2.75) is 23.5 Å². The normalized spacial score (nSPS) is 11.6. The third kappa shape index (κ3) is 5.31. The van der Waals surface area contributed by atoms with Crippen LogP contribution < -0.4 is 0 Å². The van der Waals surface area contributed by atoms with Crippen LogP contribution in [0.4, 0.5) is 18.9 Å². The van der Waals surface area contributed by atoms with E-state index in [-0.39, 0.29) is 5.69 Å². The lowest BCUT2D eigenvalue weighted by molar-refractivity contribution is -0.384. The quantitative estimate of drug-likeness (QED) is 0.102. The molecule has 0 aliphatic rings. The van der Waals surface area contributed by atoms with Gasteiger partial charge in [-0.2, -0.15) is 13.2 Å². The largest absolute Gasteiger partial charge is 0.416 e. The summed E-state index contributed by atoms with van der Waals surface area (Å²) in [6.07, 6.45) is -1.35. The van der Waals surface area contributed by atoms with Crippen LogP contribution in [0.1, 0.15) is 16.7 Å². The van der Waals surface area contributed by atoms with Crippen molar-refractivity contribution in [2.24, 2.45) is 0 Å². The minimum Gasteiger partial charge on any atom is -0.311 e. The molecule has 5 aromatic rings. The third-order valence-electron chi connectivity index (χ3n) is 5.75. The minimum atomic E-state index is -4.43. The first-order valence-corrected chi connectivity index (χ1v) is 12.1. The summed E-state index contributed by atoms with van der Waals surface area (Å²) in [5, 5.41) is 11.5. The van der Waals surface area contributed by atoms with Gasteiger partial charge in [-0.1, -0.05) is 60.3 Å². The average Bonchev–Trinajstić information content (AvgIpc) is 3.31. The molecule has 3 aromatic carbocycles. The number of nitrogens with zero attached hydrogens (tertiary/aromatic N) is 5. The van der Waals surface area contributed by atoms with Gasteiger partial charge in [0.1, 0.15) is 16.9 Å². The fraction of sp³-hybridized carbons (Fsp3) is 0.115. The molecule has 7 nitrogen and oxygen atoms in total. The first-order valence-electron chi connectivity index (χ1n) is 11.1. The molecule has 5 rings (SSSR count). The number of nitro benzene ring substituents is 1. The molecule has 0 bridgehead atoms. The molecule has 0 fully saturated rings. The lowest BCUT2D eigenvalue weighted by Crippen LogP contribution is -2.05. The summed E-state index contributed by atoms with van der Waals surface area (Å²) in [7, 11) is 0. The maximum atomic E-state index is 13.3.